The lowest BCUT2D eigenvalue weighted by atomic mass is 10.1. The zero-order chi connectivity index (χ0) is 18.4. The van der Waals surface area contributed by atoms with Crippen molar-refractivity contribution in [3.8, 4) is 0 Å². The molecule has 8 heteroatoms. The van der Waals surface area contributed by atoms with Gasteiger partial charge in [0, 0.05) is 17.0 Å². The minimum absolute atomic E-state index is 0.00149. The number of hydrogen-bond acceptors (Lipinski definition) is 7. The molecule has 2 aromatic rings. The van der Waals surface area contributed by atoms with E-state index in [1.54, 1.807) is 36.0 Å². The van der Waals surface area contributed by atoms with Gasteiger partial charge in [0.05, 0.1) is 5.25 Å². The van der Waals surface area contributed by atoms with Gasteiger partial charge in [0.25, 0.3) is 0 Å². The number of carbonyl (C=O) groups is 2. The molecule has 0 aliphatic heterocycles. The number of ketones is 1. The molecule has 0 spiro atoms. The second-order valence-corrected chi connectivity index (χ2v) is 9.25. The maximum atomic E-state index is 12.3. The van der Waals surface area contributed by atoms with Crippen LogP contribution in [-0.4, -0.2) is 32.9 Å². The van der Waals surface area contributed by atoms with E-state index < -0.39 is 0 Å². The largest absolute Gasteiger partial charge is 0.325 e. The Morgan fingerprint density at radius 3 is 2.44 bits per heavy atom. The number of nitrogens with one attached hydrogen (secondary N) is 1. The highest BCUT2D eigenvalue weighted by atomic mass is 32.2. The number of amides is 1. The Morgan fingerprint density at radius 1 is 1.20 bits per heavy atom. The van der Waals surface area contributed by atoms with E-state index in [4.69, 9.17) is 0 Å². The smallest absolute Gasteiger partial charge is 0.237 e. The monoisotopic (exact) mass is 393 g/mol. The first-order valence-electron chi connectivity index (χ1n) is 7.54. The minimum atomic E-state index is -0.306. The highest BCUT2D eigenvalue weighted by molar-refractivity contribution is 8.04. The fraction of sp³-hybridized carbons (Fsp3) is 0.294. The summed E-state index contributed by atoms with van der Waals surface area (Å²) in [5.41, 5.74) is 2.37. The van der Waals surface area contributed by atoms with Crippen molar-refractivity contribution < 1.29 is 9.59 Å². The van der Waals surface area contributed by atoms with Crippen LogP contribution < -0.4 is 5.32 Å². The first kappa shape index (κ1) is 19.7. The van der Waals surface area contributed by atoms with E-state index in [0.29, 0.717) is 11.3 Å². The quantitative estimate of drug-likeness (QED) is 0.404. The topological polar surface area (TPSA) is 72.0 Å². The van der Waals surface area contributed by atoms with Gasteiger partial charge in [-0.05, 0) is 45.0 Å². The number of hydrogen-bond donors (Lipinski definition) is 1. The number of aromatic nitrogens is 2. The second kappa shape index (κ2) is 9.17. The van der Waals surface area contributed by atoms with E-state index >= 15 is 0 Å². The third-order valence-corrected chi connectivity index (χ3v) is 6.51. The van der Waals surface area contributed by atoms with E-state index in [-0.39, 0.29) is 16.9 Å². The molecule has 2 rings (SSSR count). The molecule has 1 aromatic carbocycles. The summed E-state index contributed by atoms with van der Waals surface area (Å²) in [5.74, 6) is 0.691. The molecule has 0 fully saturated rings. The minimum Gasteiger partial charge on any atom is -0.325 e. The highest BCUT2D eigenvalue weighted by Crippen LogP contribution is 2.32. The lowest BCUT2D eigenvalue weighted by Crippen LogP contribution is -2.22. The summed E-state index contributed by atoms with van der Waals surface area (Å²) in [5, 5.41) is 10.8. The number of Topliss-reactive ketones (excluding diaryl/α,β-unsaturated/α-hetero) is 1. The Kier molecular flexibility index (Phi) is 7.22. The Morgan fingerprint density at radius 2 is 1.84 bits per heavy atom. The molecule has 0 unspecified atom stereocenters. The standard InChI is InChI=1S/C17H19N3O2S3/c1-10(2)9-23-16-19-20-17(25-16)24-12(4)15(22)18-14-7-5-13(6-8-14)11(3)21/h5-8,12H,1,9H2,2-4H3,(H,18,22)/t12-/m1/s1. The van der Waals surface area contributed by atoms with Gasteiger partial charge < -0.3 is 5.32 Å². The van der Waals surface area contributed by atoms with Crippen molar-refractivity contribution in [2.24, 2.45) is 0 Å². The first-order chi connectivity index (χ1) is 11.8. The van der Waals surface area contributed by atoms with Crippen LogP contribution in [0, 0.1) is 0 Å². The zero-order valence-electron chi connectivity index (χ0n) is 14.2. The van der Waals surface area contributed by atoms with Crippen molar-refractivity contribution >= 4 is 52.2 Å². The van der Waals surface area contributed by atoms with E-state index in [1.807, 2.05) is 13.8 Å². The van der Waals surface area contributed by atoms with Crippen LogP contribution in [-0.2, 0) is 4.79 Å². The molecule has 0 bridgehead atoms. The van der Waals surface area contributed by atoms with Crippen molar-refractivity contribution in [1.82, 2.24) is 10.2 Å². The number of anilines is 1. The van der Waals surface area contributed by atoms with Crippen molar-refractivity contribution in [1.29, 1.82) is 0 Å². The summed E-state index contributed by atoms with van der Waals surface area (Å²) >= 11 is 4.45. The number of thioether (sulfide) groups is 2. The number of benzene rings is 1. The molecule has 132 valence electrons. The van der Waals surface area contributed by atoms with Crippen LogP contribution in [0.5, 0.6) is 0 Å². The molecular weight excluding hydrogens is 374 g/mol. The second-order valence-electron chi connectivity index (χ2n) is 5.46. The van der Waals surface area contributed by atoms with Gasteiger partial charge >= 0.3 is 0 Å². The summed E-state index contributed by atoms with van der Waals surface area (Å²) in [6.07, 6.45) is 0. The number of carbonyl (C=O) groups excluding carboxylic acids is 2. The first-order valence-corrected chi connectivity index (χ1v) is 10.2. The Bertz CT molecular complexity index is 772. The lowest BCUT2D eigenvalue weighted by molar-refractivity contribution is -0.115. The van der Waals surface area contributed by atoms with Gasteiger partial charge in [-0.25, -0.2) is 0 Å². The summed E-state index contributed by atoms with van der Waals surface area (Å²) in [7, 11) is 0. The molecule has 0 radical (unpaired) electrons. The number of rotatable bonds is 8. The van der Waals surface area contributed by atoms with Crippen molar-refractivity contribution in [3.05, 3.63) is 42.0 Å². The van der Waals surface area contributed by atoms with Gasteiger partial charge in [-0.15, -0.1) is 10.2 Å². The summed E-state index contributed by atoms with van der Waals surface area (Å²) in [6.45, 7) is 9.17. The molecule has 1 heterocycles. The van der Waals surface area contributed by atoms with Gasteiger partial charge in [-0.3, -0.25) is 9.59 Å². The van der Waals surface area contributed by atoms with Crippen LogP contribution in [0.3, 0.4) is 0 Å². The molecule has 1 amide bonds. The molecule has 1 aromatic heterocycles. The van der Waals surface area contributed by atoms with Crippen LogP contribution in [0.1, 0.15) is 31.1 Å². The fourth-order valence-corrected chi connectivity index (χ4v) is 4.73. The maximum absolute atomic E-state index is 12.3. The van der Waals surface area contributed by atoms with Gasteiger partial charge in [0.2, 0.25) is 5.91 Å². The molecule has 0 aliphatic carbocycles. The average Bonchev–Trinajstić information content (AvgIpc) is 3.00. The van der Waals surface area contributed by atoms with Crippen LogP contribution >= 0.6 is 34.9 Å². The molecule has 1 N–H and O–H groups in total. The summed E-state index contributed by atoms with van der Waals surface area (Å²) in [6, 6.07) is 6.85. The third-order valence-electron chi connectivity index (χ3n) is 3.04. The maximum Gasteiger partial charge on any atom is 0.237 e. The molecule has 5 nitrogen and oxygen atoms in total. The van der Waals surface area contributed by atoms with Gasteiger partial charge in [-0.2, -0.15) is 0 Å². The van der Waals surface area contributed by atoms with Gasteiger partial charge in [0.1, 0.15) is 0 Å². The van der Waals surface area contributed by atoms with Crippen LogP contribution in [0.4, 0.5) is 5.69 Å². The van der Waals surface area contributed by atoms with Crippen LogP contribution in [0.25, 0.3) is 0 Å². The highest BCUT2D eigenvalue weighted by Gasteiger charge is 2.17. The van der Waals surface area contributed by atoms with E-state index in [9.17, 15) is 9.59 Å². The van der Waals surface area contributed by atoms with Gasteiger partial charge in [0.15, 0.2) is 14.5 Å². The van der Waals surface area contributed by atoms with Gasteiger partial charge in [-0.1, -0.05) is 47.0 Å². The summed E-state index contributed by atoms with van der Waals surface area (Å²) in [4.78, 5) is 23.6. The molecule has 1 atom stereocenters. The molecule has 0 aliphatic rings. The fourth-order valence-electron chi connectivity index (χ4n) is 1.72. The summed E-state index contributed by atoms with van der Waals surface area (Å²) < 4.78 is 1.64. The number of nitrogens with zero attached hydrogens (tertiary/aromatic N) is 2. The third kappa shape index (κ3) is 6.30. The van der Waals surface area contributed by atoms with Crippen LogP contribution in [0.2, 0.25) is 0 Å². The molecule has 0 saturated heterocycles. The Labute approximate surface area is 159 Å². The van der Waals surface area contributed by atoms with Crippen molar-refractivity contribution in [3.63, 3.8) is 0 Å². The van der Waals surface area contributed by atoms with E-state index in [0.717, 1.165) is 20.0 Å². The molecule has 0 saturated carbocycles. The van der Waals surface area contributed by atoms with Crippen molar-refractivity contribution in [2.75, 3.05) is 11.1 Å². The Balaban J connectivity index is 1.89. The SMILES string of the molecule is C=C(C)CSc1nnc(S[C@H](C)C(=O)Nc2ccc(C(C)=O)cc2)s1. The normalized spacial score (nSPS) is 11.8. The predicted octanol–water partition coefficient (Wildman–Crippen LogP) is 4.53. The predicted molar refractivity (Wildman–Crippen MR) is 106 cm³/mol. The van der Waals surface area contributed by atoms with Crippen LogP contribution in [0.15, 0.2) is 45.1 Å². The van der Waals surface area contributed by atoms with E-state index in [1.165, 1.54) is 30.0 Å². The lowest BCUT2D eigenvalue weighted by Gasteiger charge is -2.10. The molecule has 25 heavy (non-hydrogen) atoms. The Hall–Kier alpha value is -1.64. The van der Waals surface area contributed by atoms with Crippen molar-refractivity contribution in [2.45, 2.75) is 34.7 Å². The zero-order valence-corrected chi connectivity index (χ0v) is 16.7. The molecular formula is C17H19N3O2S3. The van der Waals surface area contributed by atoms with E-state index in [2.05, 4.69) is 22.1 Å². The average molecular weight is 394 g/mol.